The Balaban J connectivity index is 1.81. The van der Waals surface area contributed by atoms with Crippen molar-refractivity contribution in [2.24, 2.45) is 17.6 Å². The number of aryl methyl sites for hydroxylation is 1. The normalized spacial score (nSPS) is 13.8. The zero-order valence-electron chi connectivity index (χ0n) is 22.9. The molecule has 0 saturated carbocycles. The number of aliphatic hydroxyl groups is 1. The van der Waals surface area contributed by atoms with Crippen LogP contribution in [0.15, 0.2) is 66.7 Å². The van der Waals surface area contributed by atoms with Crippen molar-refractivity contribution >= 4 is 27.4 Å². The molecule has 3 atom stereocenters. The van der Waals surface area contributed by atoms with Crippen molar-refractivity contribution in [1.29, 1.82) is 0 Å². The first kappa shape index (κ1) is 31.9. The number of hydrogen-bond donors (Lipinski definition) is 4. The summed E-state index contributed by atoms with van der Waals surface area (Å²) in [5, 5.41) is 14.4. The van der Waals surface area contributed by atoms with Gasteiger partial charge in [0.1, 0.15) is 11.6 Å². The van der Waals surface area contributed by atoms with Crippen molar-refractivity contribution < 1.29 is 31.9 Å². The number of sulfonamides is 1. The third-order valence-electron chi connectivity index (χ3n) is 6.77. The summed E-state index contributed by atoms with van der Waals surface area (Å²) in [4.78, 5) is 25.8. The van der Waals surface area contributed by atoms with E-state index in [1.165, 1.54) is 24.3 Å². The van der Waals surface area contributed by atoms with Gasteiger partial charge in [-0.1, -0.05) is 31.2 Å². The van der Waals surface area contributed by atoms with E-state index in [-0.39, 0.29) is 36.2 Å². The van der Waals surface area contributed by atoms with Crippen molar-refractivity contribution in [2.45, 2.75) is 38.8 Å². The maximum atomic E-state index is 14.0. The molecule has 0 aliphatic heterocycles. The first-order valence-electron chi connectivity index (χ1n) is 13.2. The Labute approximate surface area is 239 Å². The molecule has 0 saturated heterocycles. The lowest BCUT2D eigenvalue weighted by atomic mass is 9.78. The van der Waals surface area contributed by atoms with Gasteiger partial charge < -0.3 is 16.2 Å². The molecule has 5 N–H and O–H groups in total. The van der Waals surface area contributed by atoms with Crippen LogP contribution in [0, 0.1) is 23.5 Å². The lowest BCUT2D eigenvalue weighted by Gasteiger charge is -2.29. The molecule has 0 aliphatic carbocycles. The molecule has 3 aromatic carbocycles. The smallest absolute Gasteiger partial charge is 0.229 e. The van der Waals surface area contributed by atoms with Gasteiger partial charge in [-0.3, -0.25) is 14.3 Å². The van der Waals surface area contributed by atoms with Crippen molar-refractivity contribution in [3.8, 4) is 0 Å². The molecule has 1 unspecified atom stereocenters. The average molecular weight is 588 g/mol. The number of hydrogen-bond acceptors (Lipinski definition) is 6. The van der Waals surface area contributed by atoms with E-state index in [9.17, 15) is 31.9 Å². The molecule has 1 amide bonds. The van der Waals surface area contributed by atoms with Crippen LogP contribution in [0.2, 0.25) is 0 Å². The number of amides is 1. The molecular weight excluding hydrogens is 552 g/mol. The van der Waals surface area contributed by atoms with Gasteiger partial charge in [0.25, 0.3) is 0 Å². The number of carbonyl (C=O) groups is 2. The first-order chi connectivity index (χ1) is 19.3. The third-order valence-corrected chi connectivity index (χ3v) is 7.37. The predicted octanol–water partition coefficient (Wildman–Crippen LogP) is 3.58. The Kier molecular flexibility index (Phi) is 11.1. The minimum absolute atomic E-state index is 0.0304. The van der Waals surface area contributed by atoms with Gasteiger partial charge >= 0.3 is 0 Å². The van der Waals surface area contributed by atoms with E-state index in [0.717, 1.165) is 42.0 Å². The maximum Gasteiger partial charge on any atom is 0.229 e. The van der Waals surface area contributed by atoms with Gasteiger partial charge in [0.2, 0.25) is 15.9 Å². The minimum Gasteiger partial charge on any atom is -0.391 e. The largest absolute Gasteiger partial charge is 0.391 e. The number of Topliss-reactive ketones (excluding diaryl/α,β-unsaturated/α-hetero) is 1. The van der Waals surface area contributed by atoms with E-state index in [1.807, 2.05) is 31.2 Å². The van der Waals surface area contributed by atoms with Gasteiger partial charge in [0.15, 0.2) is 5.78 Å². The van der Waals surface area contributed by atoms with Crippen molar-refractivity contribution in [2.75, 3.05) is 17.5 Å². The Bertz CT molecular complexity index is 1440. The Morgan fingerprint density at radius 1 is 0.951 bits per heavy atom. The van der Waals surface area contributed by atoms with Crippen molar-refractivity contribution in [1.82, 2.24) is 5.32 Å². The first-order valence-corrected chi connectivity index (χ1v) is 15.1. The fourth-order valence-electron chi connectivity index (χ4n) is 4.74. The summed E-state index contributed by atoms with van der Waals surface area (Å²) in [5.41, 5.74) is 8.53. The van der Waals surface area contributed by atoms with Crippen LogP contribution in [-0.4, -0.2) is 44.1 Å². The number of benzene rings is 3. The molecule has 41 heavy (non-hydrogen) atoms. The second kappa shape index (κ2) is 14.3. The van der Waals surface area contributed by atoms with E-state index in [4.69, 9.17) is 5.73 Å². The van der Waals surface area contributed by atoms with Gasteiger partial charge in [-0.25, -0.2) is 17.2 Å². The molecule has 0 aliphatic rings. The van der Waals surface area contributed by atoms with Crippen LogP contribution in [0.3, 0.4) is 0 Å². The van der Waals surface area contributed by atoms with Gasteiger partial charge in [-0.05, 0) is 65.9 Å². The molecule has 0 spiro atoms. The number of anilines is 1. The van der Waals surface area contributed by atoms with Crippen LogP contribution >= 0.6 is 0 Å². The molecule has 0 heterocycles. The number of nitrogens with one attached hydrogen (secondary N) is 2. The highest BCUT2D eigenvalue weighted by molar-refractivity contribution is 7.92. The quantitative estimate of drug-likeness (QED) is 0.201. The highest BCUT2D eigenvalue weighted by Crippen LogP contribution is 2.27. The number of primary amides is 1. The number of carbonyl (C=O) groups excluding carboxylic acids is 2. The Morgan fingerprint density at radius 3 is 2.17 bits per heavy atom. The summed E-state index contributed by atoms with van der Waals surface area (Å²) in [6.45, 7) is 2.51. The van der Waals surface area contributed by atoms with E-state index >= 15 is 0 Å². The SMILES string of the molecule is CCc1cccc(CNCC(O)[C@@H](Cc2cc(F)cc(F)c2)[C@@H](CC(=O)c2ccc(NS(C)(=O)=O)cc2)C(N)=O)c1. The number of rotatable bonds is 15. The summed E-state index contributed by atoms with van der Waals surface area (Å²) in [7, 11) is -3.51. The van der Waals surface area contributed by atoms with E-state index < -0.39 is 51.3 Å². The van der Waals surface area contributed by atoms with Gasteiger partial charge in [0, 0.05) is 42.7 Å². The summed E-state index contributed by atoms with van der Waals surface area (Å²) in [6, 6.07) is 16.5. The predicted molar refractivity (Wildman–Crippen MR) is 154 cm³/mol. The summed E-state index contributed by atoms with van der Waals surface area (Å²) < 4.78 is 53.1. The van der Waals surface area contributed by atoms with E-state index in [1.54, 1.807) is 0 Å². The number of halogens is 2. The molecular formula is C30H35F2N3O5S. The second-order valence-corrected chi connectivity index (χ2v) is 11.9. The van der Waals surface area contributed by atoms with Crippen molar-refractivity contribution in [3.05, 3.63) is 101 Å². The van der Waals surface area contributed by atoms with Crippen LogP contribution in [-0.2, 0) is 34.2 Å². The monoisotopic (exact) mass is 587 g/mol. The standard InChI is InChI=1S/C30H35F2N3O5S/c1-3-19-5-4-6-20(11-19)17-34-18-29(37)26(14-21-12-23(31)15-24(32)13-21)27(30(33)38)16-28(36)22-7-9-25(10-8-22)35-41(2,39)40/h4-13,15,26-27,29,34-35,37H,3,14,16-18H2,1-2H3,(H2,33,38)/t26-,27+,29?/m0/s1. The van der Waals surface area contributed by atoms with Gasteiger partial charge in [0.05, 0.1) is 18.3 Å². The Hall–Kier alpha value is -3.67. The summed E-state index contributed by atoms with van der Waals surface area (Å²) in [6.07, 6.45) is 0.194. The van der Waals surface area contributed by atoms with Gasteiger partial charge in [-0.15, -0.1) is 0 Å². The maximum absolute atomic E-state index is 14.0. The molecule has 0 radical (unpaired) electrons. The summed E-state index contributed by atoms with van der Waals surface area (Å²) >= 11 is 0. The van der Waals surface area contributed by atoms with Gasteiger partial charge in [-0.2, -0.15) is 0 Å². The van der Waals surface area contributed by atoms with Crippen LogP contribution in [0.1, 0.15) is 40.4 Å². The second-order valence-electron chi connectivity index (χ2n) is 10.1. The molecule has 0 fully saturated rings. The Morgan fingerprint density at radius 2 is 1.59 bits per heavy atom. The zero-order chi connectivity index (χ0) is 30.2. The lowest BCUT2D eigenvalue weighted by Crippen LogP contribution is -2.43. The van der Waals surface area contributed by atoms with E-state index in [2.05, 4.69) is 10.0 Å². The molecule has 3 rings (SSSR count). The number of nitrogens with two attached hydrogens (primary N) is 1. The average Bonchev–Trinajstić information content (AvgIpc) is 2.89. The van der Waals surface area contributed by atoms with Crippen LogP contribution in [0.4, 0.5) is 14.5 Å². The highest BCUT2D eigenvalue weighted by atomic mass is 32.2. The van der Waals surface area contributed by atoms with Crippen LogP contribution < -0.4 is 15.8 Å². The molecule has 0 bridgehead atoms. The molecule has 0 aromatic heterocycles. The minimum atomic E-state index is -3.51. The lowest BCUT2D eigenvalue weighted by molar-refractivity contribution is -0.125. The van der Waals surface area contributed by atoms with Crippen LogP contribution in [0.5, 0.6) is 0 Å². The number of ketones is 1. The topological polar surface area (TPSA) is 139 Å². The number of aliphatic hydroxyl groups excluding tert-OH is 1. The molecule has 11 heteroatoms. The summed E-state index contributed by atoms with van der Waals surface area (Å²) in [5.74, 6) is -5.04. The fourth-order valence-corrected chi connectivity index (χ4v) is 5.31. The molecule has 3 aromatic rings. The zero-order valence-corrected chi connectivity index (χ0v) is 23.8. The van der Waals surface area contributed by atoms with Crippen molar-refractivity contribution in [3.63, 3.8) is 0 Å². The van der Waals surface area contributed by atoms with E-state index in [0.29, 0.717) is 6.54 Å². The highest BCUT2D eigenvalue weighted by Gasteiger charge is 2.34. The third kappa shape index (κ3) is 10.0. The fraction of sp³-hybridized carbons (Fsp3) is 0.333. The van der Waals surface area contributed by atoms with Crippen LogP contribution in [0.25, 0.3) is 0 Å². The molecule has 8 nitrogen and oxygen atoms in total. The molecule has 220 valence electrons.